The van der Waals surface area contributed by atoms with Gasteiger partial charge in [0.05, 0.1) is 5.69 Å². The lowest BCUT2D eigenvalue weighted by molar-refractivity contribution is 0.985. The zero-order chi connectivity index (χ0) is 9.10. The molecule has 0 unspecified atom stereocenters. The van der Waals surface area contributed by atoms with Gasteiger partial charge < -0.3 is 0 Å². The van der Waals surface area contributed by atoms with Crippen LogP contribution in [0.4, 0.5) is 4.70 Å². The van der Waals surface area contributed by atoms with Gasteiger partial charge in [0.25, 0.3) is 5.56 Å². The molecule has 0 aliphatic heterocycles. The molecule has 3 nitrogen and oxygen atoms in total. The normalized spacial score (nSPS) is 9.14. The molecule has 0 amide bonds. The Kier molecular flexibility index (Phi) is 3.12. The van der Waals surface area contributed by atoms with E-state index in [1.54, 1.807) is 41.4 Å². The van der Waals surface area contributed by atoms with Crippen molar-refractivity contribution in [3.63, 3.8) is 0 Å². The first-order chi connectivity index (χ1) is 6.38. The van der Waals surface area contributed by atoms with Crippen LogP contribution in [-0.2, 0) is 0 Å². The first-order valence-corrected chi connectivity index (χ1v) is 3.96. The fraction of sp³-hybridized carbons (Fsp3) is 0. The predicted octanol–water partition coefficient (Wildman–Crippen LogP) is 1.38. The molecule has 0 atom stereocenters. The van der Waals surface area contributed by atoms with Crippen molar-refractivity contribution in [2.45, 2.75) is 0 Å². The molecule has 0 fully saturated rings. The summed E-state index contributed by atoms with van der Waals surface area (Å²) in [6.07, 6.45) is 5.06. The molecule has 14 heavy (non-hydrogen) atoms. The summed E-state index contributed by atoms with van der Waals surface area (Å²) in [5, 5.41) is 0. The van der Waals surface area contributed by atoms with Gasteiger partial charge in [0.1, 0.15) is 0 Å². The van der Waals surface area contributed by atoms with Crippen molar-refractivity contribution in [3.05, 3.63) is 59.3 Å². The minimum Gasteiger partial charge on any atom is -0.284 e. The lowest BCUT2D eigenvalue weighted by Gasteiger charge is -2.02. The van der Waals surface area contributed by atoms with Crippen molar-refractivity contribution < 1.29 is 4.70 Å². The first kappa shape index (κ1) is 10.1. The molecule has 0 aromatic carbocycles. The molecule has 2 rings (SSSR count). The average molecular weight is 192 g/mol. The average Bonchev–Trinajstić information content (AvgIpc) is 2.20. The van der Waals surface area contributed by atoms with E-state index < -0.39 is 0 Å². The van der Waals surface area contributed by atoms with Gasteiger partial charge in [-0.25, -0.2) is 0 Å². The number of halogens is 1. The van der Waals surface area contributed by atoms with E-state index in [0.29, 0.717) is 0 Å². The van der Waals surface area contributed by atoms with E-state index in [4.69, 9.17) is 0 Å². The van der Waals surface area contributed by atoms with Gasteiger partial charge in [0.2, 0.25) is 0 Å². The van der Waals surface area contributed by atoms with Crippen LogP contribution in [0.5, 0.6) is 0 Å². The van der Waals surface area contributed by atoms with Gasteiger partial charge in [-0.15, -0.1) is 0 Å². The smallest absolute Gasteiger partial charge is 0.255 e. The number of pyridine rings is 2. The fourth-order valence-corrected chi connectivity index (χ4v) is 1.15. The van der Waals surface area contributed by atoms with Crippen LogP contribution in [0.2, 0.25) is 0 Å². The Morgan fingerprint density at radius 1 is 1.07 bits per heavy atom. The Morgan fingerprint density at radius 3 is 2.43 bits per heavy atom. The molecule has 2 heterocycles. The second-order valence-electron chi connectivity index (χ2n) is 2.61. The standard InChI is InChI=1S/C10H8N2O.FH/c13-10-3-1-2-8-12(10)9-4-6-11-7-5-9;/h1-8H;1H. The molecule has 0 N–H and O–H groups in total. The Hall–Kier alpha value is -1.97. The van der Waals surface area contributed by atoms with Crippen LogP contribution in [0.1, 0.15) is 0 Å². The molecule has 4 heteroatoms. The van der Waals surface area contributed by atoms with E-state index in [-0.39, 0.29) is 10.3 Å². The topological polar surface area (TPSA) is 34.9 Å². The lowest BCUT2D eigenvalue weighted by Crippen LogP contribution is -2.15. The van der Waals surface area contributed by atoms with Gasteiger partial charge in [-0.1, -0.05) is 6.07 Å². The maximum Gasteiger partial charge on any atom is 0.255 e. The monoisotopic (exact) mass is 192 g/mol. The predicted molar refractivity (Wildman–Crippen MR) is 52.3 cm³/mol. The summed E-state index contributed by atoms with van der Waals surface area (Å²) < 4.78 is 1.57. The highest BCUT2D eigenvalue weighted by Gasteiger charge is 1.94. The van der Waals surface area contributed by atoms with Gasteiger partial charge in [0.15, 0.2) is 0 Å². The zero-order valence-corrected chi connectivity index (χ0v) is 7.33. The molecule has 0 aliphatic carbocycles. The van der Waals surface area contributed by atoms with Crippen molar-refractivity contribution >= 4 is 0 Å². The van der Waals surface area contributed by atoms with Crippen LogP contribution in [0, 0.1) is 0 Å². The SMILES string of the molecule is F.O=c1ccccn1-c1ccncc1. The van der Waals surface area contributed by atoms with E-state index in [9.17, 15) is 4.79 Å². The Morgan fingerprint density at radius 2 is 1.79 bits per heavy atom. The maximum absolute atomic E-state index is 11.4. The second kappa shape index (κ2) is 4.32. The maximum atomic E-state index is 11.4. The number of aromatic nitrogens is 2. The van der Waals surface area contributed by atoms with Crippen LogP contribution in [-0.4, -0.2) is 9.55 Å². The van der Waals surface area contributed by atoms with Crippen molar-refractivity contribution in [1.82, 2.24) is 9.55 Å². The molecule has 0 aliphatic rings. The summed E-state index contributed by atoms with van der Waals surface area (Å²) in [4.78, 5) is 15.2. The highest BCUT2D eigenvalue weighted by molar-refractivity contribution is 5.28. The summed E-state index contributed by atoms with van der Waals surface area (Å²) in [6, 6.07) is 8.66. The van der Waals surface area contributed by atoms with Crippen molar-refractivity contribution in [3.8, 4) is 5.69 Å². The molecular weight excluding hydrogens is 183 g/mol. The van der Waals surface area contributed by atoms with E-state index in [0.717, 1.165) is 5.69 Å². The first-order valence-electron chi connectivity index (χ1n) is 3.96. The Bertz CT molecular complexity index is 453. The minimum absolute atomic E-state index is 0. The molecule has 0 bridgehead atoms. The van der Waals surface area contributed by atoms with Crippen molar-refractivity contribution in [2.75, 3.05) is 0 Å². The van der Waals surface area contributed by atoms with E-state index in [1.807, 2.05) is 6.07 Å². The molecule has 2 aromatic heterocycles. The largest absolute Gasteiger partial charge is 0.284 e. The number of hydrogen-bond donors (Lipinski definition) is 0. The van der Waals surface area contributed by atoms with E-state index in [2.05, 4.69) is 4.98 Å². The summed E-state index contributed by atoms with van der Waals surface area (Å²) in [5.41, 5.74) is 0.800. The van der Waals surface area contributed by atoms with Crippen molar-refractivity contribution in [2.24, 2.45) is 0 Å². The third kappa shape index (κ3) is 1.85. The molecular formula is C10H9FN2O. The minimum atomic E-state index is -0.0336. The van der Waals surface area contributed by atoms with E-state index in [1.165, 1.54) is 6.07 Å². The Labute approximate surface area is 80.0 Å². The third-order valence-corrected chi connectivity index (χ3v) is 1.76. The lowest BCUT2D eigenvalue weighted by atomic mass is 10.4. The van der Waals surface area contributed by atoms with E-state index >= 15 is 0 Å². The highest BCUT2D eigenvalue weighted by atomic mass is 19.0. The van der Waals surface area contributed by atoms with Gasteiger partial charge in [-0.05, 0) is 18.2 Å². The molecule has 0 saturated heterocycles. The zero-order valence-electron chi connectivity index (χ0n) is 7.33. The molecule has 0 spiro atoms. The van der Waals surface area contributed by atoms with Crippen LogP contribution in [0.25, 0.3) is 5.69 Å². The van der Waals surface area contributed by atoms with Crippen LogP contribution in [0.15, 0.2) is 53.7 Å². The third-order valence-electron chi connectivity index (χ3n) is 1.76. The summed E-state index contributed by atoms with van der Waals surface area (Å²) in [7, 11) is 0. The Balaban J connectivity index is 0.000000980. The van der Waals surface area contributed by atoms with Gasteiger partial charge in [-0.3, -0.25) is 19.1 Å². The van der Waals surface area contributed by atoms with Gasteiger partial charge >= 0.3 is 0 Å². The number of nitrogens with zero attached hydrogens (tertiary/aromatic N) is 2. The van der Waals surface area contributed by atoms with Crippen LogP contribution >= 0.6 is 0 Å². The summed E-state index contributed by atoms with van der Waals surface area (Å²) >= 11 is 0. The summed E-state index contributed by atoms with van der Waals surface area (Å²) in [6.45, 7) is 0. The quantitative estimate of drug-likeness (QED) is 0.684. The van der Waals surface area contributed by atoms with Crippen LogP contribution < -0.4 is 5.56 Å². The second-order valence-corrected chi connectivity index (χ2v) is 2.61. The number of hydrogen-bond acceptors (Lipinski definition) is 2. The summed E-state index contributed by atoms with van der Waals surface area (Å²) in [5.74, 6) is 0. The fourth-order valence-electron chi connectivity index (χ4n) is 1.15. The van der Waals surface area contributed by atoms with Crippen molar-refractivity contribution in [1.29, 1.82) is 0 Å². The van der Waals surface area contributed by atoms with Gasteiger partial charge in [0, 0.05) is 24.7 Å². The highest BCUT2D eigenvalue weighted by Crippen LogP contribution is 2.00. The molecule has 0 radical (unpaired) electrons. The number of rotatable bonds is 1. The molecule has 0 saturated carbocycles. The molecule has 72 valence electrons. The van der Waals surface area contributed by atoms with Crippen LogP contribution in [0.3, 0.4) is 0 Å². The van der Waals surface area contributed by atoms with Gasteiger partial charge in [-0.2, -0.15) is 0 Å². The molecule has 2 aromatic rings.